The molecule has 1 aromatic heterocycles. The monoisotopic (exact) mass is 574 g/mol. The Morgan fingerprint density at radius 2 is 1.68 bits per heavy atom. The van der Waals surface area contributed by atoms with Gasteiger partial charge in [-0.1, -0.05) is 30.7 Å². The van der Waals surface area contributed by atoms with Crippen molar-refractivity contribution in [3.63, 3.8) is 0 Å². The fourth-order valence-electron chi connectivity index (χ4n) is 4.81. The summed E-state index contributed by atoms with van der Waals surface area (Å²) in [5.74, 6) is -0.563. The average molecular weight is 575 g/mol. The number of alkyl halides is 3. The number of hydrogen-bond acceptors (Lipinski definition) is 7. The fraction of sp³-hybridized carbons (Fsp3) is 0.448. The van der Waals surface area contributed by atoms with E-state index in [0.717, 1.165) is 13.0 Å². The summed E-state index contributed by atoms with van der Waals surface area (Å²) in [6.07, 6.45) is -0.0741. The van der Waals surface area contributed by atoms with Gasteiger partial charge in [-0.05, 0) is 62.9 Å². The number of piperidine rings is 1. The average Bonchev–Trinajstić information content (AvgIpc) is 2.95. The molecule has 220 valence electrons. The summed E-state index contributed by atoms with van der Waals surface area (Å²) >= 11 is 0. The van der Waals surface area contributed by atoms with Crippen LogP contribution < -0.4 is 15.4 Å². The fourth-order valence-corrected chi connectivity index (χ4v) is 4.81. The molecule has 2 atom stereocenters. The van der Waals surface area contributed by atoms with Gasteiger partial charge in [0.1, 0.15) is 5.82 Å². The van der Waals surface area contributed by atoms with Crippen LogP contribution in [0.1, 0.15) is 55.5 Å². The number of anilines is 1. The molecule has 2 N–H and O–H groups in total. The van der Waals surface area contributed by atoms with E-state index in [9.17, 15) is 22.4 Å². The summed E-state index contributed by atoms with van der Waals surface area (Å²) < 4.78 is 56.2. The molecule has 0 saturated carbocycles. The zero-order valence-corrected chi connectivity index (χ0v) is 23.0. The molecule has 4 rings (SSSR count). The van der Waals surface area contributed by atoms with E-state index in [1.54, 1.807) is 36.4 Å². The molecular weight excluding hydrogens is 540 g/mol. The smallest absolute Gasteiger partial charge is 0.422 e. The number of ether oxygens (including phenoxy) is 1. The first kappa shape index (κ1) is 30.2. The lowest BCUT2D eigenvalue weighted by Gasteiger charge is -2.39. The van der Waals surface area contributed by atoms with Crippen molar-refractivity contribution in [2.75, 3.05) is 25.0 Å². The van der Waals surface area contributed by atoms with Gasteiger partial charge in [0.05, 0.1) is 0 Å². The minimum Gasteiger partial charge on any atom is -0.454 e. The third kappa shape index (κ3) is 9.10. The predicted molar refractivity (Wildman–Crippen MR) is 147 cm³/mol. The normalized spacial score (nSPS) is 17.7. The van der Waals surface area contributed by atoms with Gasteiger partial charge in [-0.15, -0.1) is 0 Å². The summed E-state index contributed by atoms with van der Waals surface area (Å²) in [6, 6.07) is 12.7. The van der Waals surface area contributed by atoms with Gasteiger partial charge in [-0.3, -0.25) is 9.69 Å². The summed E-state index contributed by atoms with van der Waals surface area (Å²) in [6.45, 7) is 4.60. The first-order valence-electron chi connectivity index (χ1n) is 13.7. The van der Waals surface area contributed by atoms with Crippen molar-refractivity contribution in [1.29, 1.82) is 0 Å². The highest BCUT2D eigenvalue weighted by atomic mass is 19.4. The Bertz CT molecular complexity index is 1280. The van der Waals surface area contributed by atoms with Gasteiger partial charge in [0.25, 0.3) is 5.91 Å². The Kier molecular flexibility index (Phi) is 10.1. The Hall–Kier alpha value is -3.80. The zero-order chi connectivity index (χ0) is 29.4. The lowest BCUT2D eigenvalue weighted by atomic mass is 9.97. The quantitative estimate of drug-likeness (QED) is 0.227. The molecule has 2 aromatic carbocycles. The summed E-state index contributed by atoms with van der Waals surface area (Å²) in [5.41, 5.74) is 1.60. The summed E-state index contributed by atoms with van der Waals surface area (Å²) in [4.78, 5) is 27.4. The second kappa shape index (κ2) is 13.7. The molecule has 3 aromatic rings. The van der Waals surface area contributed by atoms with Crippen molar-refractivity contribution in [1.82, 2.24) is 25.2 Å². The molecule has 12 heteroatoms. The predicted octanol–water partition coefficient (Wildman–Crippen LogP) is 5.61. The molecule has 2 heterocycles. The van der Waals surface area contributed by atoms with Crippen molar-refractivity contribution in [3.8, 4) is 17.4 Å². The lowest BCUT2D eigenvalue weighted by molar-refractivity contribution is -0.154. The van der Waals surface area contributed by atoms with Gasteiger partial charge in [0, 0.05) is 42.8 Å². The number of nitrogens with one attached hydrogen (secondary N) is 2. The molecule has 1 aliphatic rings. The highest BCUT2D eigenvalue weighted by Gasteiger charge is 2.29. The number of benzene rings is 2. The number of likely N-dealkylation sites (tertiary alicyclic amines) is 1. The van der Waals surface area contributed by atoms with Crippen molar-refractivity contribution in [2.24, 2.45) is 0 Å². The first-order valence-corrected chi connectivity index (χ1v) is 13.7. The van der Waals surface area contributed by atoms with Crippen LogP contribution in [0, 0.1) is 5.82 Å². The third-order valence-electron chi connectivity index (χ3n) is 7.00. The Balaban J connectivity index is 1.39. The van der Waals surface area contributed by atoms with E-state index in [1.807, 2.05) is 0 Å². The van der Waals surface area contributed by atoms with Crippen LogP contribution in [0.15, 0.2) is 48.5 Å². The van der Waals surface area contributed by atoms with Crippen LogP contribution in [-0.2, 0) is 6.54 Å². The van der Waals surface area contributed by atoms with Crippen LogP contribution in [0.3, 0.4) is 0 Å². The molecule has 8 nitrogen and oxygen atoms in total. The maximum absolute atomic E-state index is 13.2. The topological polar surface area (TPSA) is 92.3 Å². The van der Waals surface area contributed by atoms with E-state index in [0.29, 0.717) is 35.3 Å². The standard InChI is InChI=1S/C29H34F4N6O2/c1-19-5-3-6-20(2)39(19)16-4-15-34-26(40)23-11-9-22(10-12-23)25-36-27(35-17-21-7-13-24(30)14-8-21)38-28(37-25)41-18-29(31,32)33/h7-14,19-20H,3-6,15-18H2,1-2H3,(H,34,40)(H,35,36,37,38). The molecule has 0 spiro atoms. The van der Waals surface area contributed by atoms with E-state index in [2.05, 4.69) is 44.3 Å². The van der Waals surface area contributed by atoms with Crippen LogP contribution in [0.5, 0.6) is 6.01 Å². The Morgan fingerprint density at radius 3 is 2.34 bits per heavy atom. The van der Waals surface area contributed by atoms with Gasteiger partial charge < -0.3 is 15.4 Å². The molecule has 0 bridgehead atoms. The van der Waals surface area contributed by atoms with Crippen molar-refractivity contribution in [2.45, 2.75) is 64.3 Å². The van der Waals surface area contributed by atoms with Gasteiger partial charge >= 0.3 is 12.2 Å². The maximum atomic E-state index is 13.2. The minimum absolute atomic E-state index is 0.0179. The molecule has 1 amide bonds. The second-order valence-electron chi connectivity index (χ2n) is 10.2. The molecule has 41 heavy (non-hydrogen) atoms. The van der Waals surface area contributed by atoms with Crippen LogP contribution >= 0.6 is 0 Å². The van der Waals surface area contributed by atoms with Gasteiger partial charge in [-0.2, -0.15) is 28.1 Å². The number of hydrogen-bond donors (Lipinski definition) is 2. The van der Waals surface area contributed by atoms with Crippen molar-refractivity contribution in [3.05, 3.63) is 65.5 Å². The molecule has 1 saturated heterocycles. The highest BCUT2D eigenvalue weighted by molar-refractivity contribution is 5.94. The van der Waals surface area contributed by atoms with Gasteiger partial charge in [0.2, 0.25) is 5.95 Å². The van der Waals surface area contributed by atoms with Crippen LogP contribution in [0.4, 0.5) is 23.5 Å². The van der Waals surface area contributed by atoms with E-state index >= 15 is 0 Å². The van der Waals surface area contributed by atoms with Crippen LogP contribution in [0.25, 0.3) is 11.4 Å². The van der Waals surface area contributed by atoms with Crippen molar-refractivity contribution >= 4 is 11.9 Å². The van der Waals surface area contributed by atoms with Crippen molar-refractivity contribution < 1.29 is 27.1 Å². The molecular formula is C29H34F4N6O2. The third-order valence-corrected chi connectivity index (χ3v) is 7.00. The molecule has 1 aliphatic heterocycles. The number of halogens is 4. The maximum Gasteiger partial charge on any atom is 0.422 e. The van der Waals surface area contributed by atoms with E-state index in [1.165, 1.54) is 31.4 Å². The SMILES string of the molecule is CC1CCCC(C)N1CCCNC(=O)c1ccc(-c2nc(NCc3ccc(F)cc3)nc(OCC(F)(F)F)n2)cc1. The number of amides is 1. The number of carbonyl (C=O) groups excluding carboxylic acids is 1. The summed E-state index contributed by atoms with van der Waals surface area (Å²) in [7, 11) is 0. The first-order chi connectivity index (χ1) is 19.6. The lowest BCUT2D eigenvalue weighted by Crippen LogP contribution is -2.44. The minimum atomic E-state index is -4.58. The molecule has 1 fully saturated rings. The number of nitrogens with zero attached hydrogens (tertiary/aromatic N) is 4. The van der Waals surface area contributed by atoms with Gasteiger partial charge in [-0.25, -0.2) is 4.39 Å². The number of aromatic nitrogens is 3. The van der Waals surface area contributed by atoms with E-state index in [-0.39, 0.29) is 24.2 Å². The molecule has 0 aliphatic carbocycles. The highest BCUT2D eigenvalue weighted by Crippen LogP contribution is 2.23. The number of rotatable bonds is 11. The molecule has 0 radical (unpaired) electrons. The number of carbonyl (C=O) groups is 1. The zero-order valence-electron chi connectivity index (χ0n) is 23.0. The molecule has 2 unspecified atom stereocenters. The van der Waals surface area contributed by atoms with Crippen LogP contribution in [0.2, 0.25) is 0 Å². The van der Waals surface area contributed by atoms with E-state index < -0.39 is 24.6 Å². The Morgan fingerprint density at radius 1 is 1.00 bits per heavy atom. The largest absolute Gasteiger partial charge is 0.454 e. The second-order valence-corrected chi connectivity index (χ2v) is 10.2. The van der Waals surface area contributed by atoms with Crippen LogP contribution in [-0.4, -0.2) is 63.7 Å². The van der Waals surface area contributed by atoms with Gasteiger partial charge in [0.15, 0.2) is 12.4 Å². The van der Waals surface area contributed by atoms with E-state index in [4.69, 9.17) is 4.74 Å². The Labute approximate surface area is 236 Å². The summed E-state index contributed by atoms with van der Waals surface area (Å²) in [5, 5.41) is 5.85.